The van der Waals surface area contributed by atoms with E-state index in [2.05, 4.69) is 0 Å². The molecule has 2 rings (SSSR count). The van der Waals surface area contributed by atoms with E-state index in [0.717, 1.165) is 6.42 Å². The number of carbonyl (C=O) groups excluding carboxylic acids is 1. The second-order valence-corrected chi connectivity index (χ2v) is 3.81. The summed E-state index contributed by atoms with van der Waals surface area (Å²) in [6.45, 7) is 1.04. The van der Waals surface area contributed by atoms with Crippen LogP contribution in [-0.4, -0.2) is 41.3 Å². The van der Waals surface area contributed by atoms with Crippen molar-refractivity contribution >= 4 is 12.1 Å². The lowest BCUT2D eigenvalue weighted by Crippen LogP contribution is -2.34. The standard InChI is InChI=1S/C9H13NO4/c11-8(12)6-1-2-7(5-6)10-3-4-14-9(10)13/h6-7H,1-5H2,(H,11,12)/t6-,7+/m1/s1. The van der Waals surface area contributed by atoms with Crippen LogP contribution in [0.1, 0.15) is 19.3 Å². The van der Waals surface area contributed by atoms with Crippen LogP contribution in [0.4, 0.5) is 4.79 Å². The quantitative estimate of drug-likeness (QED) is 0.710. The maximum absolute atomic E-state index is 11.2. The maximum Gasteiger partial charge on any atom is 0.410 e. The van der Waals surface area contributed by atoms with Gasteiger partial charge in [-0.2, -0.15) is 0 Å². The molecule has 0 aromatic heterocycles. The van der Waals surface area contributed by atoms with Crippen LogP contribution in [0, 0.1) is 5.92 Å². The minimum Gasteiger partial charge on any atom is -0.481 e. The molecule has 78 valence electrons. The van der Waals surface area contributed by atoms with Gasteiger partial charge in [-0.05, 0) is 19.3 Å². The number of ether oxygens (including phenoxy) is 1. The molecule has 5 nitrogen and oxygen atoms in total. The Bertz CT molecular complexity index is 266. The van der Waals surface area contributed by atoms with Crippen LogP contribution in [0.15, 0.2) is 0 Å². The van der Waals surface area contributed by atoms with Gasteiger partial charge in [-0.15, -0.1) is 0 Å². The highest BCUT2D eigenvalue weighted by Crippen LogP contribution is 2.30. The minimum absolute atomic E-state index is 0.0751. The Morgan fingerprint density at radius 3 is 2.79 bits per heavy atom. The van der Waals surface area contributed by atoms with Crippen molar-refractivity contribution in [2.24, 2.45) is 5.92 Å². The molecule has 0 radical (unpaired) electrons. The number of hydrogen-bond donors (Lipinski definition) is 1. The Morgan fingerprint density at radius 1 is 1.50 bits per heavy atom. The highest BCUT2D eigenvalue weighted by molar-refractivity contribution is 5.72. The van der Waals surface area contributed by atoms with Gasteiger partial charge in [-0.3, -0.25) is 4.79 Å². The van der Waals surface area contributed by atoms with Gasteiger partial charge in [-0.1, -0.05) is 0 Å². The number of carbonyl (C=O) groups is 2. The third-order valence-electron chi connectivity index (χ3n) is 2.99. The van der Waals surface area contributed by atoms with Gasteiger partial charge in [0, 0.05) is 6.04 Å². The van der Waals surface area contributed by atoms with Crippen molar-refractivity contribution in [2.45, 2.75) is 25.3 Å². The van der Waals surface area contributed by atoms with Crippen molar-refractivity contribution in [3.05, 3.63) is 0 Å². The van der Waals surface area contributed by atoms with Gasteiger partial charge >= 0.3 is 12.1 Å². The van der Waals surface area contributed by atoms with Crippen molar-refractivity contribution in [3.8, 4) is 0 Å². The Morgan fingerprint density at radius 2 is 2.29 bits per heavy atom. The third-order valence-corrected chi connectivity index (χ3v) is 2.99. The van der Waals surface area contributed by atoms with E-state index in [1.807, 2.05) is 0 Å². The molecule has 1 heterocycles. The van der Waals surface area contributed by atoms with Gasteiger partial charge in [0.15, 0.2) is 0 Å². The van der Waals surface area contributed by atoms with Gasteiger partial charge in [0.1, 0.15) is 6.61 Å². The zero-order valence-corrected chi connectivity index (χ0v) is 7.81. The largest absolute Gasteiger partial charge is 0.481 e. The molecule has 0 bridgehead atoms. The Labute approximate surface area is 81.6 Å². The molecule has 1 N–H and O–H groups in total. The van der Waals surface area contributed by atoms with E-state index in [0.29, 0.717) is 26.0 Å². The molecule has 1 amide bonds. The lowest BCUT2D eigenvalue weighted by atomic mass is 10.1. The van der Waals surface area contributed by atoms with Crippen LogP contribution in [0.25, 0.3) is 0 Å². The molecule has 0 spiro atoms. The van der Waals surface area contributed by atoms with Crippen molar-refractivity contribution < 1.29 is 19.4 Å². The summed E-state index contributed by atoms with van der Waals surface area (Å²) in [5.41, 5.74) is 0. The first kappa shape index (κ1) is 9.30. The van der Waals surface area contributed by atoms with E-state index in [4.69, 9.17) is 9.84 Å². The van der Waals surface area contributed by atoms with Crippen LogP contribution in [0.2, 0.25) is 0 Å². The van der Waals surface area contributed by atoms with E-state index < -0.39 is 5.97 Å². The molecule has 1 aliphatic carbocycles. The van der Waals surface area contributed by atoms with E-state index in [-0.39, 0.29) is 18.1 Å². The lowest BCUT2D eigenvalue weighted by molar-refractivity contribution is -0.141. The van der Waals surface area contributed by atoms with E-state index >= 15 is 0 Å². The summed E-state index contributed by atoms with van der Waals surface area (Å²) in [5.74, 6) is -1.03. The Hall–Kier alpha value is -1.26. The predicted molar refractivity (Wildman–Crippen MR) is 46.8 cm³/mol. The summed E-state index contributed by atoms with van der Waals surface area (Å²) in [4.78, 5) is 23.6. The fraction of sp³-hybridized carbons (Fsp3) is 0.778. The van der Waals surface area contributed by atoms with Crippen LogP contribution in [0.5, 0.6) is 0 Å². The van der Waals surface area contributed by atoms with Crippen molar-refractivity contribution in [3.63, 3.8) is 0 Å². The van der Waals surface area contributed by atoms with Gasteiger partial charge in [0.05, 0.1) is 12.5 Å². The second-order valence-electron chi connectivity index (χ2n) is 3.81. The zero-order chi connectivity index (χ0) is 10.1. The first-order valence-corrected chi connectivity index (χ1v) is 4.84. The van der Waals surface area contributed by atoms with Crippen molar-refractivity contribution in [1.29, 1.82) is 0 Å². The molecule has 0 unspecified atom stereocenters. The van der Waals surface area contributed by atoms with E-state index in [9.17, 15) is 9.59 Å². The van der Waals surface area contributed by atoms with Gasteiger partial charge in [-0.25, -0.2) is 4.79 Å². The topological polar surface area (TPSA) is 66.8 Å². The number of rotatable bonds is 2. The molecule has 1 saturated carbocycles. The van der Waals surface area contributed by atoms with Crippen LogP contribution in [-0.2, 0) is 9.53 Å². The number of carboxylic acids is 1. The highest BCUT2D eigenvalue weighted by atomic mass is 16.6. The highest BCUT2D eigenvalue weighted by Gasteiger charge is 2.37. The van der Waals surface area contributed by atoms with E-state index in [1.54, 1.807) is 4.90 Å². The number of amides is 1. The molecule has 14 heavy (non-hydrogen) atoms. The molecular weight excluding hydrogens is 186 g/mol. The number of carboxylic acid groups (broad SMARTS) is 1. The van der Waals surface area contributed by atoms with Gasteiger partial charge in [0.2, 0.25) is 0 Å². The minimum atomic E-state index is -0.750. The average molecular weight is 199 g/mol. The molecule has 2 atom stereocenters. The molecule has 2 aliphatic rings. The summed E-state index contributed by atoms with van der Waals surface area (Å²) in [6, 6.07) is 0.0751. The summed E-state index contributed by atoms with van der Waals surface area (Å²) < 4.78 is 4.81. The zero-order valence-electron chi connectivity index (χ0n) is 7.81. The molecule has 2 fully saturated rings. The van der Waals surface area contributed by atoms with Crippen molar-refractivity contribution in [1.82, 2.24) is 4.90 Å². The predicted octanol–water partition coefficient (Wildman–Crippen LogP) is 0.692. The fourth-order valence-electron chi connectivity index (χ4n) is 2.20. The first-order valence-electron chi connectivity index (χ1n) is 4.84. The third kappa shape index (κ3) is 1.54. The van der Waals surface area contributed by atoms with Gasteiger partial charge < -0.3 is 14.7 Å². The van der Waals surface area contributed by atoms with E-state index in [1.165, 1.54) is 0 Å². The number of cyclic esters (lactones) is 1. The van der Waals surface area contributed by atoms with Crippen LogP contribution < -0.4 is 0 Å². The normalized spacial score (nSPS) is 32.0. The monoisotopic (exact) mass is 199 g/mol. The Balaban J connectivity index is 1.95. The molecular formula is C9H13NO4. The molecule has 0 aromatic rings. The number of aliphatic carboxylic acids is 1. The number of hydrogen-bond acceptors (Lipinski definition) is 3. The molecule has 1 saturated heterocycles. The maximum atomic E-state index is 11.2. The SMILES string of the molecule is O=C(O)[C@@H]1CC[C@H](N2CCOC2=O)C1. The molecule has 0 aromatic carbocycles. The Kier molecular flexibility index (Phi) is 2.31. The summed E-state index contributed by atoms with van der Waals surface area (Å²) in [5, 5.41) is 8.81. The van der Waals surface area contributed by atoms with Crippen LogP contribution in [0.3, 0.4) is 0 Å². The molecule has 5 heteroatoms. The average Bonchev–Trinajstić information content (AvgIpc) is 2.71. The van der Waals surface area contributed by atoms with Crippen LogP contribution >= 0.6 is 0 Å². The smallest absolute Gasteiger partial charge is 0.410 e. The van der Waals surface area contributed by atoms with Crippen molar-refractivity contribution in [2.75, 3.05) is 13.2 Å². The fourth-order valence-corrected chi connectivity index (χ4v) is 2.20. The molecule has 1 aliphatic heterocycles. The summed E-state index contributed by atoms with van der Waals surface area (Å²) >= 11 is 0. The lowest BCUT2D eigenvalue weighted by Gasteiger charge is -2.20. The second kappa shape index (κ2) is 3.48. The summed E-state index contributed by atoms with van der Waals surface area (Å²) in [6.07, 6.45) is 1.74. The van der Waals surface area contributed by atoms with Gasteiger partial charge in [0.25, 0.3) is 0 Å². The number of nitrogens with zero attached hydrogens (tertiary/aromatic N) is 1. The first-order chi connectivity index (χ1) is 6.68. The summed E-state index contributed by atoms with van der Waals surface area (Å²) in [7, 11) is 0.